The molecule has 0 aliphatic carbocycles. The summed E-state index contributed by atoms with van der Waals surface area (Å²) in [5.41, 5.74) is 8.49. The number of anilines is 1. The van der Waals surface area contributed by atoms with E-state index in [1.165, 1.54) is 0 Å². The molecule has 98 valence electrons. The number of nitrogens with zero attached hydrogens (tertiary/aromatic N) is 2. The van der Waals surface area contributed by atoms with Gasteiger partial charge in [-0.15, -0.1) is 0 Å². The summed E-state index contributed by atoms with van der Waals surface area (Å²) in [4.78, 5) is 6.52. The Kier molecular flexibility index (Phi) is 4.35. The zero-order valence-corrected chi connectivity index (χ0v) is 12.1. The summed E-state index contributed by atoms with van der Waals surface area (Å²) in [7, 11) is 1.96. The van der Waals surface area contributed by atoms with Crippen molar-refractivity contribution in [1.29, 1.82) is 0 Å². The standard InChI is InChI=1S/C14H14ClN3S/c1-18(9-10-4-2-3-5-12(10)15)13-8-17-7-6-11(13)14(16)19/h2-8H,9H2,1H3,(H2,16,19). The van der Waals surface area contributed by atoms with Crippen LogP contribution in [0.1, 0.15) is 11.1 Å². The molecule has 0 aliphatic heterocycles. The Balaban J connectivity index is 2.28. The Morgan fingerprint density at radius 3 is 2.79 bits per heavy atom. The molecule has 0 aliphatic rings. The number of halogens is 1. The first-order chi connectivity index (χ1) is 9.09. The number of aromatic nitrogens is 1. The quantitative estimate of drug-likeness (QED) is 0.880. The van der Waals surface area contributed by atoms with Crippen molar-refractivity contribution in [2.45, 2.75) is 6.54 Å². The van der Waals surface area contributed by atoms with Crippen LogP contribution in [0.2, 0.25) is 5.02 Å². The molecular formula is C14H14ClN3S. The number of thiocarbonyl (C=S) groups is 1. The van der Waals surface area contributed by atoms with E-state index in [-0.39, 0.29) is 0 Å². The Morgan fingerprint density at radius 2 is 2.11 bits per heavy atom. The van der Waals surface area contributed by atoms with E-state index in [1.807, 2.05) is 42.3 Å². The van der Waals surface area contributed by atoms with Crippen LogP contribution in [0.5, 0.6) is 0 Å². The molecule has 19 heavy (non-hydrogen) atoms. The van der Waals surface area contributed by atoms with E-state index in [2.05, 4.69) is 4.98 Å². The minimum atomic E-state index is 0.364. The van der Waals surface area contributed by atoms with Gasteiger partial charge in [0.25, 0.3) is 0 Å². The number of hydrogen-bond acceptors (Lipinski definition) is 3. The Hall–Kier alpha value is -1.65. The predicted molar refractivity (Wildman–Crippen MR) is 83.7 cm³/mol. The number of pyridine rings is 1. The molecular weight excluding hydrogens is 278 g/mol. The fourth-order valence-corrected chi connectivity index (χ4v) is 2.23. The zero-order chi connectivity index (χ0) is 13.8. The van der Waals surface area contributed by atoms with Crippen molar-refractivity contribution >= 4 is 34.5 Å². The van der Waals surface area contributed by atoms with Gasteiger partial charge in [0.15, 0.2) is 0 Å². The van der Waals surface area contributed by atoms with Crippen LogP contribution in [0.3, 0.4) is 0 Å². The first kappa shape index (κ1) is 13.8. The molecule has 0 unspecified atom stereocenters. The number of rotatable bonds is 4. The Labute approximate surface area is 123 Å². The third kappa shape index (κ3) is 3.22. The molecule has 0 saturated heterocycles. The van der Waals surface area contributed by atoms with Crippen LogP contribution < -0.4 is 10.6 Å². The first-order valence-corrected chi connectivity index (χ1v) is 6.56. The van der Waals surface area contributed by atoms with E-state index in [0.717, 1.165) is 21.8 Å². The van der Waals surface area contributed by atoms with Gasteiger partial charge < -0.3 is 10.6 Å². The summed E-state index contributed by atoms with van der Waals surface area (Å²) in [5.74, 6) is 0. The van der Waals surface area contributed by atoms with E-state index in [1.54, 1.807) is 12.4 Å². The molecule has 0 amide bonds. The molecule has 3 nitrogen and oxygen atoms in total. The Bertz CT molecular complexity index is 601. The molecule has 2 N–H and O–H groups in total. The van der Waals surface area contributed by atoms with E-state index < -0.39 is 0 Å². The van der Waals surface area contributed by atoms with Crippen molar-refractivity contribution in [1.82, 2.24) is 4.98 Å². The third-order valence-electron chi connectivity index (χ3n) is 2.84. The molecule has 2 aromatic rings. The molecule has 2 rings (SSSR count). The van der Waals surface area contributed by atoms with Gasteiger partial charge in [-0.2, -0.15) is 0 Å². The summed E-state index contributed by atoms with van der Waals surface area (Å²) in [6.45, 7) is 0.668. The second-order valence-electron chi connectivity index (χ2n) is 4.20. The highest BCUT2D eigenvalue weighted by Gasteiger charge is 2.11. The number of nitrogens with two attached hydrogens (primary N) is 1. The van der Waals surface area contributed by atoms with E-state index in [4.69, 9.17) is 29.6 Å². The van der Waals surface area contributed by atoms with Crippen molar-refractivity contribution in [2.75, 3.05) is 11.9 Å². The minimum Gasteiger partial charge on any atom is -0.389 e. The second kappa shape index (κ2) is 5.99. The average Bonchev–Trinajstić information content (AvgIpc) is 2.41. The summed E-state index contributed by atoms with van der Waals surface area (Å²) < 4.78 is 0. The van der Waals surface area contributed by atoms with Gasteiger partial charge in [0.2, 0.25) is 0 Å². The highest BCUT2D eigenvalue weighted by atomic mass is 35.5. The summed E-state index contributed by atoms with van der Waals surface area (Å²) in [5, 5.41) is 0.745. The SMILES string of the molecule is CN(Cc1ccccc1Cl)c1cnccc1C(N)=S. The smallest absolute Gasteiger partial charge is 0.106 e. The van der Waals surface area contributed by atoms with Crippen LogP contribution in [-0.2, 0) is 6.54 Å². The number of benzene rings is 1. The molecule has 5 heteroatoms. The van der Waals surface area contributed by atoms with Gasteiger partial charge >= 0.3 is 0 Å². The normalized spacial score (nSPS) is 10.2. The predicted octanol–water partition coefficient (Wildman–Crippen LogP) is 3.01. The van der Waals surface area contributed by atoms with Crippen LogP contribution in [0.25, 0.3) is 0 Å². The van der Waals surface area contributed by atoms with Crippen LogP contribution in [-0.4, -0.2) is 17.0 Å². The topological polar surface area (TPSA) is 42.2 Å². The van der Waals surface area contributed by atoms with Crippen LogP contribution in [0.15, 0.2) is 42.7 Å². The minimum absolute atomic E-state index is 0.364. The molecule has 0 saturated carbocycles. The second-order valence-corrected chi connectivity index (χ2v) is 5.05. The van der Waals surface area contributed by atoms with Gasteiger partial charge in [-0.1, -0.05) is 42.0 Å². The summed E-state index contributed by atoms with van der Waals surface area (Å²) >= 11 is 11.2. The largest absolute Gasteiger partial charge is 0.389 e. The van der Waals surface area contributed by atoms with Crippen molar-refractivity contribution in [3.63, 3.8) is 0 Å². The number of hydrogen-bond donors (Lipinski definition) is 1. The lowest BCUT2D eigenvalue weighted by Gasteiger charge is -2.22. The fourth-order valence-electron chi connectivity index (χ4n) is 1.87. The lowest BCUT2D eigenvalue weighted by atomic mass is 10.1. The lowest BCUT2D eigenvalue weighted by molar-refractivity contribution is 0.916. The van der Waals surface area contributed by atoms with Gasteiger partial charge in [-0.3, -0.25) is 4.98 Å². The third-order valence-corrected chi connectivity index (χ3v) is 3.43. The zero-order valence-electron chi connectivity index (χ0n) is 10.5. The monoisotopic (exact) mass is 291 g/mol. The van der Waals surface area contributed by atoms with E-state index >= 15 is 0 Å². The molecule has 0 atom stereocenters. The van der Waals surface area contributed by atoms with Gasteiger partial charge in [-0.05, 0) is 17.7 Å². The molecule has 0 spiro atoms. The Morgan fingerprint density at radius 1 is 1.37 bits per heavy atom. The van der Waals surface area contributed by atoms with Crippen molar-refractivity contribution < 1.29 is 0 Å². The van der Waals surface area contributed by atoms with Crippen LogP contribution in [0.4, 0.5) is 5.69 Å². The lowest BCUT2D eigenvalue weighted by Crippen LogP contribution is -2.21. The molecule has 0 bridgehead atoms. The molecule has 0 fully saturated rings. The highest BCUT2D eigenvalue weighted by Crippen LogP contribution is 2.22. The molecule has 0 radical (unpaired) electrons. The average molecular weight is 292 g/mol. The van der Waals surface area contributed by atoms with E-state index in [9.17, 15) is 0 Å². The van der Waals surface area contributed by atoms with Gasteiger partial charge in [-0.25, -0.2) is 0 Å². The maximum atomic E-state index is 6.17. The van der Waals surface area contributed by atoms with Crippen molar-refractivity contribution in [3.8, 4) is 0 Å². The molecule has 1 heterocycles. The van der Waals surface area contributed by atoms with Gasteiger partial charge in [0.1, 0.15) is 4.99 Å². The summed E-state index contributed by atoms with van der Waals surface area (Å²) in [6, 6.07) is 9.57. The van der Waals surface area contributed by atoms with Crippen molar-refractivity contribution in [2.24, 2.45) is 5.73 Å². The van der Waals surface area contributed by atoms with Crippen LogP contribution in [0, 0.1) is 0 Å². The molecule has 1 aromatic carbocycles. The molecule has 1 aromatic heterocycles. The fraction of sp³-hybridized carbons (Fsp3) is 0.143. The van der Waals surface area contributed by atoms with E-state index in [0.29, 0.717) is 11.5 Å². The van der Waals surface area contributed by atoms with Crippen LogP contribution >= 0.6 is 23.8 Å². The maximum absolute atomic E-state index is 6.17. The van der Waals surface area contributed by atoms with Gasteiger partial charge in [0, 0.05) is 30.4 Å². The highest BCUT2D eigenvalue weighted by molar-refractivity contribution is 7.80. The summed E-state index contributed by atoms with van der Waals surface area (Å²) in [6.07, 6.45) is 3.44. The maximum Gasteiger partial charge on any atom is 0.106 e. The van der Waals surface area contributed by atoms with Gasteiger partial charge in [0.05, 0.1) is 11.9 Å². The first-order valence-electron chi connectivity index (χ1n) is 5.78. The van der Waals surface area contributed by atoms with Crippen molar-refractivity contribution in [3.05, 3.63) is 58.9 Å².